The fraction of sp³-hybridized carbons (Fsp3) is 0.133. The van der Waals surface area contributed by atoms with Crippen LogP contribution in [-0.2, 0) is 4.79 Å². The monoisotopic (exact) mass is 310 g/mol. The SMILES string of the molecule is [N-]=[N+]=Nc1ccc2c3c(cccc13)C(=O)N(CCC(=O)O)C2=O. The molecule has 1 heterocycles. The molecule has 1 aliphatic heterocycles. The van der Waals surface area contributed by atoms with E-state index in [1.54, 1.807) is 18.2 Å². The van der Waals surface area contributed by atoms with E-state index >= 15 is 0 Å². The van der Waals surface area contributed by atoms with Crippen molar-refractivity contribution < 1.29 is 19.5 Å². The average Bonchev–Trinajstić information content (AvgIpc) is 2.53. The van der Waals surface area contributed by atoms with Crippen molar-refractivity contribution in [2.75, 3.05) is 6.54 Å². The van der Waals surface area contributed by atoms with E-state index in [1.165, 1.54) is 12.1 Å². The van der Waals surface area contributed by atoms with E-state index in [1.807, 2.05) is 0 Å². The molecule has 8 heteroatoms. The number of benzene rings is 2. The maximum atomic E-state index is 12.5. The van der Waals surface area contributed by atoms with Crippen LogP contribution in [0.2, 0.25) is 0 Å². The van der Waals surface area contributed by atoms with Crippen LogP contribution < -0.4 is 0 Å². The topological polar surface area (TPSA) is 123 Å². The average molecular weight is 310 g/mol. The molecule has 1 aliphatic rings. The van der Waals surface area contributed by atoms with Gasteiger partial charge in [-0.25, -0.2) is 0 Å². The predicted octanol–water partition coefficient (Wildman–Crippen LogP) is 2.85. The number of rotatable bonds is 4. The number of amides is 2. The number of hydrogen-bond donors (Lipinski definition) is 1. The van der Waals surface area contributed by atoms with Crippen LogP contribution in [0.15, 0.2) is 35.4 Å². The largest absolute Gasteiger partial charge is 0.481 e. The van der Waals surface area contributed by atoms with Crippen LogP contribution in [0.25, 0.3) is 21.2 Å². The summed E-state index contributed by atoms with van der Waals surface area (Å²) in [6.07, 6.45) is -0.320. The number of nitrogens with zero attached hydrogens (tertiary/aromatic N) is 4. The lowest BCUT2D eigenvalue weighted by molar-refractivity contribution is -0.137. The van der Waals surface area contributed by atoms with Crippen molar-refractivity contribution in [3.8, 4) is 0 Å². The van der Waals surface area contributed by atoms with E-state index in [9.17, 15) is 14.4 Å². The van der Waals surface area contributed by atoms with Crippen molar-refractivity contribution in [3.05, 3.63) is 51.9 Å². The van der Waals surface area contributed by atoms with Crippen LogP contribution in [0.4, 0.5) is 5.69 Å². The second-order valence-electron chi connectivity index (χ2n) is 4.96. The zero-order valence-electron chi connectivity index (χ0n) is 11.8. The van der Waals surface area contributed by atoms with Gasteiger partial charge in [0.1, 0.15) is 0 Å². The second-order valence-corrected chi connectivity index (χ2v) is 4.96. The van der Waals surface area contributed by atoms with Crippen molar-refractivity contribution in [2.24, 2.45) is 5.11 Å². The summed E-state index contributed by atoms with van der Waals surface area (Å²) in [5, 5.41) is 13.3. The summed E-state index contributed by atoms with van der Waals surface area (Å²) in [6, 6.07) is 7.84. The number of carboxylic acid groups (broad SMARTS) is 1. The number of azide groups is 1. The molecule has 23 heavy (non-hydrogen) atoms. The molecule has 0 fully saturated rings. The summed E-state index contributed by atoms with van der Waals surface area (Å²) in [7, 11) is 0. The Hall–Kier alpha value is -3.38. The van der Waals surface area contributed by atoms with E-state index in [0.717, 1.165) is 4.90 Å². The third kappa shape index (κ3) is 2.27. The number of carbonyl (C=O) groups is 3. The first-order chi connectivity index (χ1) is 11.0. The third-order valence-electron chi connectivity index (χ3n) is 3.67. The van der Waals surface area contributed by atoms with E-state index in [2.05, 4.69) is 10.0 Å². The maximum absolute atomic E-state index is 12.5. The maximum Gasteiger partial charge on any atom is 0.305 e. The summed E-state index contributed by atoms with van der Waals surface area (Å²) in [5.74, 6) is -2.19. The minimum atomic E-state index is -1.09. The molecule has 0 atom stereocenters. The molecule has 0 radical (unpaired) electrons. The second kappa shape index (κ2) is 5.43. The number of carboxylic acids is 1. The number of imide groups is 1. The molecule has 2 aromatic rings. The third-order valence-corrected chi connectivity index (χ3v) is 3.67. The van der Waals surface area contributed by atoms with E-state index in [0.29, 0.717) is 16.5 Å². The molecule has 3 rings (SSSR count). The van der Waals surface area contributed by atoms with Crippen LogP contribution in [0, 0.1) is 0 Å². The predicted molar refractivity (Wildman–Crippen MR) is 80.4 cm³/mol. The van der Waals surface area contributed by atoms with Gasteiger partial charge in [0.15, 0.2) is 0 Å². The fourth-order valence-corrected chi connectivity index (χ4v) is 2.68. The van der Waals surface area contributed by atoms with Gasteiger partial charge in [-0.2, -0.15) is 0 Å². The Balaban J connectivity index is 2.20. The van der Waals surface area contributed by atoms with Crippen molar-refractivity contribution in [3.63, 3.8) is 0 Å². The van der Waals surface area contributed by atoms with Crippen LogP contribution in [0.3, 0.4) is 0 Å². The Morgan fingerprint density at radius 2 is 1.87 bits per heavy atom. The van der Waals surface area contributed by atoms with Crippen molar-refractivity contribution in [2.45, 2.75) is 6.42 Å². The fourth-order valence-electron chi connectivity index (χ4n) is 2.68. The first kappa shape index (κ1) is 14.6. The number of aliphatic carboxylic acids is 1. The van der Waals surface area contributed by atoms with E-state index < -0.39 is 17.8 Å². The van der Waals surface area contributed by atoms with Crippen LogP contribution in [0.1, 0.15) is 27.1 Å². The van der Waals surface area contributed by atoms with Gasteiger partial charge >= 0.3 is 5.97 Å². The van der Waals surface area contributed by atoms with Gasteiger partial charge in [0.25, 0.3) is 11.8 Å². The van der Waals surface area contributed by atoms with Crippen LogP contribution in [0.5, 0.6) is 0 Å². The van der Waals surface area contributed by atoms with E-state index in [4.69, 9.17) is 10.6 Å². The summed E-state index contributed by atoms with van der Waals surface area (Å²) in [5.41, 5.74) is 9.52. The van der Waals surface area contributed by atoms with Gasteiger partial charge in [0.2, 0.25) is 0 Å². The van der Waals surface area contributed by atoms with Crippen molar-refractivity contribution >= 4 is 34.2 Å². The molecular weight excluding hydrogens is 300 g/mol. The van der Waals surface area contributed by atoms with Crippen molar-refractivity contribution in [1.29, 1.82) is 0 Å². The minimum absolute atomic E-state index is 0.194. The molecule has 2 amide bonds. The number of hydrogen-bond acceptors (Lipinski definition) is 4. The Bertz CT molecular complexity index is 893. The molecule has 0 unspecified atom stereocenters. The number of carbonyl (C=O) groups excluding carboxylic acids is 2. The Morgan fingerprint density at radius 3 is 2.52 bits per heavy atom. The van der Waals surface area contributed by atoms with Gasteiger partial charge in [-0.3, -0.25) is 19.3 Å². The van der Waals surface area contributed by atoms with Gasteiger partial charge in [0.05, 0.1) is 6.42 Å². The molecule has 0 spiro atoms. The highest BCUT2D eigenvalue weighted by molar-refractivity contribution is 6.26. The van der Waals surface area contributed by atoms with Gasteiger partial charge in [0, 0.05) is 33.7 Å². The molecule has 0 aliphatic carbocycles. The van der Waals surface area contributed by atoms with Gasteiger partial charge in [-0.15, -0.1) is 0 Å². The highest BCUT2D eigenvalue weighted by Gasteiger charge is 2.33. The summed E-state index contributed by atoms with van der Waals surface area (Å²) in [6.45, 7) is -0.194. The van der Waals surface area contributed by atoms with Crippen molar-refractivity contribution in [1.82, 2.24) is 4.90 Å². The highest BCUT2D eigenvalue weighted by atomic mass is 16.4. The molecule has 8 nitrogen and oxygen atoms in total. The molecule has 114 valence electrons. The first-order valence-corrected chi connectivity index (χ1v) is 6.73. The zero-order valence-corrected chi connectivity index (χ0v) is 11.8. The highest BCUT2D eigenvalue weighted by Crippen LogP contribution is 2.35. The normalized spacial score (nSPS) is 13.1. The Morgan fingerprint density at radius 1 is 1.17 bits per heavy atom. The summed E-state index contributed by atoms with van der Waals surface area (Å²) >= 11 is 0. The molecule has 2 aromatic carbocycles. The molecule has 0 saturated heterocycles. The summed E-state index contributed by atoms with van der Waals surface area (Å²) in [4.78, 5) is 39.4. The lowest BCUT2D eigenvalue weighted by atomic mass is 9.93. The molecular formula is C15H10N4O4. The minimum Gasteiger partial charge on any atom is -0.481 e. The Labute approximate surface area is 129 Å². The quantitative estimate of drug-likeness (QED) is 0.403. The summed E-state index contributed by atoms with van der Waals surface area (Å²) < 4.78 is 0. The smallest absolute Gasteiger partial charge is 0.305 e. The van der Waals surface area contributed by atoms with Gasteiger partial charge in [-0.1, -0.05) is 23.3 Å². The van der Waals surface area contributed by atoms with Gasteiger partial charge in [-0.05, 0) is 23.1 Å². The van der Waals surface area contributed by atoms with Gasteiger partial charge < -0.3 is 5.11 Å². The van der Waals surface area contributed by atoms with Crippen LogP contribution >= 0.6 is 0 Å². The molecule has 0 aromatic heterocycles. The Kier molecular flexibility index (Phi) is 3.44. The molecule has 0 bridgehead atoms. The molecule has 0 saturated carbocycles. The van der Waals surface area contributed by atoms with Crippen LogP contribution in [-0.4, -0.2) is 34.3 Å². The zero-order chi connectivity index (χ0) is 16.6. The first-order valence-electron chi connectivity index (χ1n) is 6.73. The lowest BCUT2D eigenvalue weighted by Crippen LogP contribution is -2.41. The lowest BCUT2D eigenvalue weighted by Gasteiger charge is -2.27. The molecule has 1 N–H and O–H groups in total. The standard InChI is InChI=1S/C15H10N4O4/c16-18-17-11-5-4-10-13-8(11)2-1-3-9(13)14(22)19(15(10)23)7-6-12(20)21/h1-5H,6-7H2,(H,20,21). The van der Waals surface area contributed by atoms with E-state index in [-0.39, 0.29) is 24.1 Å².